The summed E-state index contributed by atoms with van der Waals surface area (Å²) in [6, 6.07) is 2.23. The Kier molecular flexibility index (Phi) is 2.71. The number of benzene rings is 1. The second-order valence-corrected chi connectivity index (χ2v) is 4.58. The van der Waals surface area contributed by atoms with Crippen LogP contribution in [0.4, 0.5) is 10.1 Å². The molecule has 1 aromatic heterocycles. The van der Waals surface area contributed by atoms with Crippen molar-refractivity contribution in [3.8, 4) is 11.4 Å². The van der Waals surface area contributed by atoms with E-state index in [4.69, 9.17) is 4.74 Å². The smallest absolute Gasteiger partial charge is 0.351 e. The second kappa shape index (κ2) is 4.33. The number of aromatic nitrogens is 3. The van der Waals surface area contributed by atoms with Crippen LogP contribution in [0.25, 0.3) is 5.69 Å². The molecule has 0 unspecified atom stereocenters. The zero-order valence-corrected chi connectivity index (χ0v) is 11.2. The average Bonchev–Trinajstić information content (AvgIpc) is 2.63. The third-order valence-electron chi connectivity index (χ3n) is 3.31. The summed E-state index contributed by atoms with van der Waals surface area (Å²) in [7, 11) is 2.78. The number of anilines is 1. The van der Waals surface area contributed by atoms with Gasteiger partial charge in [0, 0.05) is 20.2 Å². The Balaban J connectivity index is 2.28. The fourth-order valence-corrected chi connectivity index (χ4v) is 2.10. The van der Waals surface area contributed by atoms with Crippen molar-refractivity contribution >= 4 is 11.6 Å². The number of carbonyl (C=O) groups is 1. The van der Waals surface area contributed by atoms with Crippen LogP contribution in [-0.4, -0.2) is 26.4 Å². The quantitative estimate of drug-likeness (QED) is 0.757. The van der Waals surface area contributed by atoms with Gasteiger partial charge in [0.2, 0.25) is 0 Å². The van der Waals surface area contributed by atoms with E-state index in [0.717, 1.165) is 15.4 Å². The van der Waals surface area contributed by atoms with Gasteiger partial charge in [0.15, 0.2) is 12.4 Å². The van der Waals surface area contributed by atoms with Gasteiger partial charge in [-0.05, 0) is 6.07 Å². The molecule has 0 bridgehead atoms. The molecule has 3 rings (SSSR count). The molecular formula is C12H11FN4O4. The molecule has 1 aliphatic heterocycles. The third-order valence-corrected chi connectivity index (χ3v) is 3.31. The molecule has 1 aliphatic rings. The van der Waals surface area contributed by atoms with Crippen molar-refractivity contribution in [2.45, 2.75) is 0 Å². The summed E-state index contributed by atoms with van der Waals surface area (Å²) < 4.78 is 22.0. The Bertz CT molecular complexity index is 843. The highest BCUT2D eigenvalue weighted by Gasteiger charge is 2.22. The molecule has 0 radical (unpaired) electrons. The summed E-state index contributed by atoms with van der Waals surface area (Å²) >= 11 is 0. The standard InChI is InChI=1S/C12H11FN4O4/c1-15-11(19)17(12(20)16(15)2)8-4-7-9(3-6(8)13)21-5-10(18)14-7/h3-4H,5H2,1-2H3,(H,14,18). The lowest BCUT2D eigenvalue weighted by Gasteiger charge is -2.18. The Labute approximate surface area is 117 Å². The molecule has 2 heterocycles. The first-order valence-corrected chi connectivity index (χ1v) is 6.01. The van der Waals surface area contributed by atoms with Gasteiger partial charge in [-0.3, -0.25) is 4.79 Å². The zero-order valence-electron chi connectivity index (χ0n) is 11.2. The van der Waals surface area contributed by atoms with Gasteiger partial charge in [-0.25, -0.2) is 27.9 Å². The number of rotatable bonds is 1. The van der Waals surface area contributed by atoms with Crippen LogP contribution < -0.4 is 21.4 Å². The lowest BCUT2D eigenvalue weighted by Crippen LogP contribution is -2.29. The molecule has 0 atom stereocenters. The number of carbonyl (C=O) groups excluding carboxylic acids is 1. The van der Waals surface area contributed by atoms with Crippen LogP contribution in [0.3, 0.4) is 0 Å². The van der Waals surface area contributed by atoms with Crippen LogP contribution in [0.15, 0.2) is 21.7 Å². The van der Waals surface area contributed by atoms with E-state index in [1.165, 1.54) is 20.2 Å². The van der Waals surface area contributed by atoms with Crippen LogP contribution in [0.1, 0.15) is 0 Å². The maximum Gasteiger partial charge on any atom is 0.351 e. The zero-order chi connectivity index (χ0) is 15.3. The van der Waals surface area contributed by atoms with Gasteiger partial charge in [0.25, 0.3) is 5.91 Å². The number of hydrogen-bond acceptors (Lipinski definition) is 4. The van der Waals surface area contributed by atoms with Crippen molar-refractivity contribution in [2.24, 2.45) is 14.1 Å². The number of nitrogens with zero attached hydrogens (tertiary/aromatic N) is 3. The highest BCUT2D eigenvalue weighted by Crippen LogP contribution is 2.31. The molecule has 0 spiro atoms. The van der Waals surface area contributed by atoms with E-state index in [1.807, 2.05) is 0 Å². The van der Waals surface area contributed by atoms with Crippen molar-refractivity contribution < 1.29 is 13.9 Å². The van der Waals surface area contributed by atoms with Gasteiger partial charge < -0.3 is 10.1 Å². The van der Waals surface area contributed by atoms with Crippen molar-refractivity contribution in [1.29, 1.82) is 0 Å². The van der Waals surface area contributed by atoms with Gasteiger partial charge in [0.1, 0.15) is 5.75 Å². The number of ether oxygens (including phenoxy) is 1. The molecule has 1 aromatic carbocycles. The summed E-state index contributed by atoms with van der Waals surface area (Å²) in [6.07, 6.45) is 0. The minimum absolute atomic E-state index is 0.150. The van der Waals surface area contributed by atoms with Gasteiger partial charge in [-0.1, -0.05) is 0 Å². The van der Waals surface area contributed by atoms with E-state index in [0.29, 0.717) is 4.57 Å². The SMILES string of the molecule is Cn1c(=O)n(-c2cc3c(cc2F)OCC(=O)N3)c(=O)n1C. The molecule has 0 saturated carbocycles. The Morgan fingerprint density at radius 2 is 1.76 bits per heavy atom. The van der Waals surface area contributed by atoms with E-state index in [1.54, 1.807) is 0 Å². The lowest BCUT2D eigenvalue weighted by atomic mass is 10.2. The normalized spacial score (nSPS) is 13.6. The first-order valence-electron chi connectivity index (χ1n) is 6.01. The Morgan fingerprint density at radius 1 is 1.14 bits per heavy atom. The molecule has 1 amide bonds. The van der Waals surface area contributed by atoms with Gasteiger partial charge in [-0.15, -0.1) is 0 Å². The maximum absolute atomic E-state index is 14.2. The maximum atomic E-state index is 14.2. The first kappa shape index (κ1) is 13.2. The summed E-state index contributed by atoms with van der Waals surface area (Å²) in [4.78, 5) is 35.3. The lowest BCUT2D eigenvalue weighted by molar-refractivity contribution is -0.118. The van der Waals surface area contributed by atoms with Crippen LogP contribution in [0, 0.1) is 5.82 Å². The van der Waals surface area contributed by atoms with E-state index in [9.17, 15) is 18.8 Å². The van der Waals surface area contributed by atoms with Gasteiger partial charge >= 0.3 is 11.4 Å². The molecular weight excluding hydrogens is 283 g/mol. The Morgan fingerprint density at radius 3 is 2.38 bits per heavy atom. The predicted molar refractivity (Wildman–Crippen MR) is 70.3 cm³/mol. The summed E-state index contributed by atoms with van der Waals surface area (Å²) in [5.74, 6) is -1.04. The minimum Gasteiger partial charge on any atom is -0.481 e. The van der Waals surface area contributed by atoms with Crippen molar-refractivity contribution in [3.63, 3.8) is 0 Å². The average molecular weight is 294 g/mol. The molecule has 0 aliphatic carbocycles. The predicted octanol–water partition coefficient (Wildman–Crippen LogP) is -0.655. The summed E-state index contributed by atoms with van der Waals surface area (Å²) in [5, 5.41) is 2.50. The van der Waals surface area contributed by atoms with Crippen LogP contribution in [0.5, 0.6) is 5.75 Å². The summed E-state index contributed by atoms with van der Waals surface area (Å²) in [5.41, 5.74) is -1.42. The molecule has 21 heavy (non-hydrogen) atoms. The topological polar surface area (TPSA) is 87.3 Å². The number of fused-ring (bicyclic) bond motifs is 1. The fraction of sp³-hybridized carbons (Fsp3) is 0.250. The van der Waals surface area contributed by atoms with Crippen LogP contribution in [-0.2, 0) is 18.9 Å². The number of amides is 1. The molecule has 0 saturated heterocycles. The molecule has 9 heteroatoms. The fourth-order valence-electron chi connectivity index (χ4n) is 2.10. The third kappa shape index (κ3) is 1.85. The summed E-state index contributed by atoms with van der Waals surface area (Å²) in [6.45, 7) is -0.209. The van der Waals surface area contributed by atoms with E-state index >= 15 is 0 Å². The van der Waals surface area contributed by atoms with E-state index in [2.05, 4.69) is 5.32 Å². The Hall–Kier alpha value is -2.84. The number of nitrogens with one attached hydrogen (secondary N) is 1. The molecule has 2 aromatic rings. The van der Waals surface area contributed by atoms with Crippen molar-refractivity contribution in [3.05, 3.63) is 38.9 Å². The largest absolute Gasteiger partial charge is 0.481 e. The molecule has 8 nitrogen and oxygen atoms in total. The highest BCUT2D eigenvalue weighted by molar-refractivity contribution is 5.95. The van der Waals surface area contributed by atoms with Crippen LogP contribution >= 0.6 is 0 Å². The first-order chi connectivity index (χ1) is 9.90. The highest BCUT2D eigenvalue weighted by atomic mass is 19.1. The van der Waals surface area contributed by atoms with E-state index in [-0.39, 0.29) is 23.7 Å². The van der Waals surface area contributed by atoms with Gasteiger partial charge in [-0.2, -0.15) is 0 Å². The second-order valence-electron chi connectivity index (χ2n) is 4.58. The van der Waals surface area contributed by atoms with Gasteiger partial charge in [0.05, 0.1) is 11.4 Å². The van der Waals surface area contributed by atoms with Crippen molar-refractivity contribution in [1.82, 2.24) is 13.9 Å². The number of hydrogen-bond donors (Lipinski definition) is 1. The minimum atomic E-state index is -0.796. The van der Waals surface area contributed by atoms with E-state index < -0.39 is 23.1 Å². The van der Waals surface area contributed by atoms with Crippen LogP contribution in [0.2, 0.25) is 0 Å². The van der Waals surface area contributed by atoms with Crippen molar-refractivity contribution in [2.75, 3.05) is 11.9 Å². The monoisotopic (exact) mass is 294 g/mol. The number of halogens is 1. The molecule has 0 fully saturated rings. The molecule has 110 valence electrons. The molecule has 1 N–H and O–H groups in total.